The number of halogens is 1. The average Bonchev–Trinajstić information content (AvgIpc) is 2.26. The summed E-state index contributed by atoms with van der Waals surface area (Å²) < 4.78 is 5.57. The van der Waals surface area contributed by atoms with Crippen LogP contribution in [0.15, 0.2) is 29.2 Å². The first-order valence-electron chi connectivity index (χ1n) is 5.72. The number of thioether (sulfide) groups is 1. The van der Waals surface area contributed by atoms with E-state index in [0.29, 0.717) is 5.15 Å². The Hall–Kier alpha value is -0.930. The lowest BCUT2D eigenvalue weighted by Crippen LogP contribution is -2.07. The van der Waals surface area contributed by atoms with E-state index < -0.39 is 0 Å². The quantitative estimate of drug-likeness (QED) is 0.584. The van der Waals surface area contributed by atoms with Gasteiger partial charge >= 0.3 is 0 Å². The van der Waals surface area contributed by atoms with Crippen LogP contribution in [-0.2, 0) is 0 Å². The summed E-state index contributed by atoms with van der Waals surface area (Å²) in [4.78, 5) is 5.42. The van der Waals surface area contributed by atoms with E-state index in [-0.39, 0.29) is 4.75 Å². The number of methoxy groups -OCH3 is 1. The normalized spacial score (nSPS) is 11.8. The Morgan fingerprint density at radius 1 is 1.22 bits per heavy atom. The standard InChI is InChI=1S/C14H16ClNOS/c1-14(2,3)18-12-7-9-5-6-13(15)16-10(9)8-11(12)17-4/h5-8H,1-4H3. The molecule has 96 valence electrons. The fourth-order valence-electron chi connectivity index (χ4n) is 1.68. The van der Waals surface area contributed by atoms with Gasteiger partial charge in [0.25, 0.3) is 0 Å². The first-order valence-corrected chi connectivity index (χ1v) is 6.92. The molecule has 0 spiro atoms. The van der Waals surface area contributed by atoms with E-state index in [1.54, 1.807) is 18.9 Å². The highest BCUT2D eigenvalue weighted by molar-refractivity contribution is 8.00. The third kappa shape index (κ3) is 3.09. The van der Waals surface area contributed by atoms with E-state index in [2.05, 4.69) is 31.8 Å². The molecule has 0 fully saturated rings. The van der Waals surface area contributed by atoms with Crippen LogP contribution in [0.4, 0.5) is 0 Å². The van der Waals surface area contributed by atoms with Gasteiger partial charge in [0.1, 0.15) is 10.9 Å². The van der Waals surface area contributed by atoms with Gasteiger partial charge in [-0.3, -0.25) is 0 Å². The molecule has 0 aliphatic carbocycles. The van der Waals surface area contributed by atoms with Crippen LogP contribution in [0.25, 0.3) is 10.9 Å². The van der Waals surface area contributed by atoms with Gasteiger partial charge in [-0.2, -0.15) is 0 Å². The molecule has 0 unspecified atom stereocenters. The van der Waals surface area contributed by atoms with Crippen molar-refractivity contribution in [1.29, 1.82) is 0 Å². The van der Waals surface area contributed by atoms with E-state index in [1.807, 2.05) is 18.2 Å². The molecule has 2 nitrogen and oxygen atoms in total. The summed E-state index contributed by atoms with van der Waals surface area (Å²) >= 11 is 7.69. The van der Waals surface area contributed by atoms with E-state index in [0.717, 1.165) is 21.5 Å². The lowest BCUT2D eigenvalue weighted by Gasteiger charge is -2.19. The van der Waals surface area contributed by atoms with Crippen LogP contribution in [0.5, 0.6) is 5.75 Å². The maximum absolute atomic E-state index is 5.90. The molecule has 1 heterocycles. The summed E-state index contributed by atoms with van der Waals surface area (Å²) in [5.74, 6) is 0.845. The molecule has 0 N–H and O–H groups in total. The minimum Gasteiger partial charge on any atom is -0.496 e. The second kappa shape index (κ2) is 4.98. The third-order valence-corrected chi connectivity index (χ3v) is 3.72. The monoisotopic (exact) mass is 281 g/mol. The first kappa shape index (κ1) is 13.5. The van der Waals surface area contributed by atoms with Crippen LogP contribution < -0.4 is 4.74 Å². The van der Waals surface area contributed by atoms with Gasteiger partial charge in [0.15, 0.2) is 0 Å². The molecule has 0 aliphatic rings. The second-order valence-corrected chi connectivity index (χ2v) is 7.30. The van der Waals surface area contributed by atoms with E-state index >= 15 is 0 Å². The first-order chi connectivity index (χ1) is 8.39. The molecule has 1 aromatic heterocycles. The summed E-state index contributed by atoms with van der Waals surface area (Å²) in [5.41, 5.74) is 0.859. The van der Waals surface area contributed by atoms with Crippen molar-refractivity contribution in [2.75, 3.05) is 7.11 Å². The number of pyridine rings is 1. The molecular weight excluding hydrogens is 266 g/mol. The number of fused-ring (bicyclic) bond motifs is 1. The number of hydrogen-bond donors (Lipinski definition) is 0. The number of rotatable bonds is 2. The SMILES string of the molecule is COc1cc2nc(Cl)ccc2cc1SC(C)(C)C. The molecule has 0 atom stereocenters. The molecule has 0 aliphatic heterocycles. The molecule has 0 amide bonds. The van der Waals surface area contributed by atoms with Crippen LogP contribution in [0.3, 0.4) is 0 Å². The zero-order chi connectivity index (χ0) is 13.3. The molecule has 0 bridgehead atoms. The van der Waals surface area contributed by atoms with Crippen molar-refractivity contribution in [1.82, 2.24) is 4.98 Å². The average molecular weight is 282 g/mol. The zero-order valence-electron chi connectivity index (χ0n) is 11.0. The molecule has 1 aromatic carbocycles. The highest BCUT2D eigenvalue weighted by Crippen LogP contribution is 2.39. The minimum atomic E-state index is 0.140. The zero-order valence-corrected chi connectivity index (χ0v) is 12.5. The van der Waals surface area contributed by atoms with Crippen LogP contribution >= 0.6 is 23.4 Å². The summed E-state index contributed by atoms with van der Waals surface area (Å²) in [5, 5.41) is 1.58. The van der Waals surface area contributed by atoms with Gasteiger partial charge in [0, 0.05) is 16.2 Å². The van der Waals surface area contributed by atoms with Crippen LogP contribution in [0.2, 0.25) is 5.15 Å². The smallest absolute Gasteiger partial charge is 0.134 e. The highest BCUT2D eigenvalue weighted by Gasteiger charge is 2.16. The summed E-state index contributed by atoms with van der Waals surface area (Å²) in [6.45, 7) is 6.55. The van der Waals surface area contributed by atoms with Crippen LogP contribution in [-0.4, -0.2) is 16.8 Å². The van der Waals surface area contributed by atoms with Crippen molar-refractivity contribution < 1.29 is 4.74 Å². The van der Waals surface area contributed by atoms with Gasteiger partial charge in [0.05, 0.1) is 17.5 Å². The van der Waals surface area contributed by atoms with Crippen molar-refractivity contribution in [3.63, 3.8) is 0 Å². The number of aromatic nitrogens is 1. The van der Waals surface area contributed by atoms with Crippen molar-refractivity contribution in [3.8, 4) is 5.75 Å². The Morgan fingerprint density at radius 2 is 1.94 bits per heavy atom. The number of benzene rings is 1. The molecule has 0 saturated heterocycles. The Balaban J connectivity index is 2.55. The van der Waals surface area contributed by atoms with E-state index in [4.69, 9.17) is 16.3 Å². The lowest BCUT2D eigenvalue weighted by atomic mass is 10.2. The minimum absolute atomic E-state index is 0.140. The Kier molecular flexibility index (Phi) is 3.74. The number of hydrogen-bond acceptors (Lipinski definition) is 3. The van der Waals surface area contributed by atoms with Crippen molar-refractivity contribution in [2.45, 2.75) is 30.4 Å². The topological polar surface area (TPSA) is 22.1 Å². The maximum atomic E-state index is 5.90. The van der Waals surface area contributed by atoms with Crippen molar-refractivity contribution in [3.05, 3.63) is 29.4 Å². The number of nitrogens with zero attached hydrogens (tertiary/aromatic N) is 1. The molecule has 0 saturated carbocycles. The van der Waals surface area contributed by atoms with E-state index in [1.165, 1.54) is 0 Å². The molecular formula is C14H16ClNOS. The predicted molar refractivity (Wildman–Crippen MR) is 78.9 cm³/mol. The fraction of sp³-hybridized carbons (Fsp3) is 0.357. The molecule has 4 heteroatoms. The van der Waals surface area contributed by atoms with Gasteiger partial charge in [-0.15, -0.1) is 11.8 Å². The Labute approximate surface area is 117 Å². The van der Waals surface area contributed by atoms with Gasteiger partial charge in [0.2, 0.25) is 0 Å². The molecule has 18 heavy (non-hydrogen) atoms. The van der Waals surface area contributed by atoms with Crippen LogP contribution in [0.1, 0.15) is 20.8 Å². The fourth-order valence-corrected chi connectivity index (χ4v) is 2.92. The third-order valence-electron chi connectivity index (χ3n) is 2.36. The summed E-state index contributed by atoms with van der Waals surface area (Å²) in [6.07, 6.45) is 0. The summed E-state index contributed by atoms with van der Waals surface area (Å²) in [7, 11) is 1.68. The van der Waals surface area contributed by atoms with Gasteiger partial charge in [-0.05, 0) is 18.2 Å². The van der Waals surface area contributed by atoms with Crippen LogP contribution in [0, 0.1) is 0 Å². The number of ether oxygens (including phenoxy) is 1. The Bertz CT molecular complexity index is 578. The summed E-state index contributed by atoms with van der Waals surface area (Å²) in [6, 6.07) is 7.83. The molecule has 0 radical (unpaired) electrons. The van der Waals surface area contributed by atoms with Gasteiger partial charge < -0.3 is 4.74 Å². The maximum Gasteiger partial charge on any atom is 0.134 e. The van der Waals surface area contributed by atoms with Gasteiger partial charge in [-0.25, -0.2) is 4.98 Å². The highest BCUT2D eigenvalue weighted by atomic mass is 35.5. The lowest BCUT2D eigenvalue weighted by molar-refractivity contribution is 0.405. The predicted octanol–water partition coefficient (Wildman–Crippen LogP) is 4.79. The van der Waals surface area contributed by atoms with Crippen molar-refractivity contribution in [2.24, 2.45) is 0 Å². The van der Waals surface area contributed by atoms with Gasteiger partial charge in [-0.1, -0.05) is 32.4 Å². The van der Waals surface area contributed by atoms with Crippen molar-refractivity contribution >= 4 is 34.3 Å². The Morgan fingerprint density at radius 3 is 2.56 bits per heavy atom. The largest absolute Gasteiger partial charge is 0.496 e. The molecule has 2 rings (SSSR count). The second-order valence-electron chi connectivity index (χ2n) is 5.04. The molecule has 2 aromatic rings. The van der Waals surface area contributed by atoms with E-state index in [9.17, 15) is 0 Å².